The van der Waals surface area contributed by atoms with Crippen molar-refractivity contribution in [3.63, 3.8) is 0 Å². The highest BCUT2D eigenvalue weighted by atomic mass is 19.2. The third-order valence-electron chi connectivity index (χ3n) is 2.58. The molecule has 0 radical (unpaired) electrons. The van der Waals surface area contributed by atoms with Crippen LogP contribution in [0.1, 0.15) is 0 Å². The molecule has 0 saturated heterocycles. The fourth-order valence-electron chi connectivity index (χ4n) is 1.64. The van der Waals surface area contributed by atoms with Gasteiger partial charge in [0, 0.05) is 6.07 Å². The maximum Gasteiger partial charge on any atom is 0.261 e. The molecule has 1 aromatic heterocycles. The van der Waals surface area contributed by atoms with E-state index in [-0.39, 0.29) is 37.3 Å². The third-order valence-corrected chi connectivity index (χ3v) is 2.58. The van der Waals surface area contributed by atoms with E-state index in [0.29, 0.717) is 0 Å². The van der Waals surface area contributed by atoms with E-state index in [4.69, 9.17) is 9.84 Å². The molecule has 2 aromatic rings. The molecule has 0 bridgehead atoms. The van der Waals surface area contributed by atoms with E-state index in [1.165, 1.54) is 10.9 Å². The van der Waals surface area contributed by atoms with E-state index in [9.17, 15) is 13.6 Å². The summed E-state index contributed by atoms with van der Waals surface area (Å²) in [6.45, 7) is 0.517. The van der Waals surface area contributed by atoms with Gasteiger partial charge in [0.15, 0.2) is 11.6 Å². The Labute approximate surface area is 107 Å². The Kier molecular flexibility index (Phi) is 4.18. The summed E-state index contributed by atoms with van der Waals surface area (Å²) < 4.78 is 32.4. The largest absolute Gasteiger partial charge is 0.394 e. The van der Waals surface area contributed by atoms with Gasteiger partial charge in [0.1, 0.15) is 0 Å². The lowest BCUT2D eigenvalue weighted by molar-refractivity contribution is 0.0865. The first-order valence-electron chi connectivity index (χ1n) is 5.66. The van der Waals surface area contributed by atoms with Crippen LogP contribution in [0.25, 0.3) is 10.9 Å². The predicted molar refractivity (Wildman–Crippen MR) is 63.8 cm³/mol. The zero-order valence-corrected chi connectivity index (χ0v) is 9.97. The number of aromatic nitrogens is 2. The molecule has 2 rings (SSSR count). The summed E-state index contributed by atoms with van der Waals surface area (Å²) >= 11 is 0. The minimum Gasteiger partial charge on any atom is -0.394 e. The van der Waals surface area contributed by atoms with Gasteiger partial charge in [0.05, 0.1) is 43.6 Å². The van der Waals surface area contributed by atoms with Gasteiger partial charge < -0.3 is 9.84 Å². The average Bonchev–Trinajstić information content (AvgIpc) is 2.39. The monoisotopic (exact) mass is 270 g/mol. The maximum atomic E-state index is 13.1. The standard InChI is InChI=1S/C12H12F2N2O3/c13-9-5-8-11(6-10(9)14)15-7-16(12(8)18)1-3-19-4-2-17/h5-7,17H,1-4H2. The van der Waals surface area contributed by atoms with Gasteiger partial charge in [0.25, 0.3) is 5.56 Å². The summed E-state index contributed by atoms with van der Waals surface area (Å²) in [5.74, 6) is -2.12. The Bertz CT molecular complexity index is 643. The number of aliphatic hydroxyl groups is 1. The quantitative estimate of drug-likeness (QED) is 0.812. The van der Waals surface area contributed by atoms with Gasteiger partial charge in [-0.2, -0.15) is 0 Å². The summed E-state index contributed by atoms with van der Waals surface area (Å²) in [6, 6.07) is 1.73. The zero-order valence-electron chi connectivity index (χ0n) is 9.97. The lowest BCUT2D eigenvalue weighted by atomic mass is 10.2. The topological polar surface area (TPSA) is 64.4 Å². The van der Waals surface area contributed by atoms with Crippen molar-refractivity contribution in [2.24, 2.45) is 0 Å². The van der Waals surface area contributed by atoms with Crippen molar-refractivity contribution in [2.45, 2.75) is 6.54 Å². The Hall–Kier alpha value is -1.86. The second kappa shape index (κ2) is 5.85. The normalized spacial score (nSPS) is 11.1. The van der Waals surface area contributed by atoms with Gasteiger partial charge in [-0.15, -0.1) is 0 Å². The lowest BCUT2D eigenvalue weighted by Gasteiger charge is -2.07. The Morgan fingerprint density at radius 3 is 2.74 bits per heavy atom. The molecule has 0 aliphatic heterocycles. The van der Waals surface area contributed by atoms with Crippen LogP contribution >= 0.6 is 0 Å². The van der Waals surface area contributed by atoms with Crippen molar-refractivity contribution in [3.05, 3.63) is 40.4 Å². The van der Waals surface area contributed by atoms with Gasteiger partial charge >= 0.3 is 0 Å². The number of fused-ring (bicyclic) bond motifs is 1. The number of rotatable bonds is 5. The summed E-state index contributed by atoms with van der Waals surface area (Å²) in [5, 5.41) is 8.55. The first-order chi connectivity index (χ1) is 9.13. The molecule has 1 heterocycles. The van der Waals surface area contributed by atoms with Gasteiger partial charge in [0.2, 0.25) is 0 Å². The van der Waals surface area contributed by atoms with Crippen molar-refractivity contribution in [1.82, 2.24) is 9.55 Å². The van der Waals surface area contributed by atoms with Gasteiger partial charge in [-0.1, -0.05) is 0 Å². The molecule has 1 N–H and O–H groups in total. The molecular formula is C12H12F2N2O3. The van der Waals surface area contributed by atoms with E-state index in [1.54, 1.807) is 0 Å². The zero-order chi connectivity index (χ0) is 13.8. The Balaban J connectivity index is 2.30. The van der Waals surface area contributed by atoms with E-state index in [0.717, 1.165) is 12.1 Å². The van der Waals surface area contributed by atoms with Crippen LogP contribution in [0, 0.1) is 11.6 Å². The summed E-state index contributed by atoms with van der Waals surface area (Å²) in [6.07, 6.45) is 1.25. The Morgan fingerprint density at radius 1 is 1.26 bits per heavy atom. The van der Waals surface area contributed by atoms with Crippen LogP contribution in [-0.4, -0.2) is 34.5 Å². The molecule has 102 valence electrons. The van der Waals surface area contributed by atoms with E-state index in [2.05, 4.69) is 4.98 Å². The fourth-order valence-corrected chi connectivity index (χ4v) is 1.64. The van der Waals surface area contributed by atoms with Crippen molar-refractivity contribution in [3.8, 4) is 0 Å². The van der Waals surface area contributed by atoms with Gasteiger partial charge in [-0.25, -0.2) is 13.8 Å². The maximum absolute atomic E-state index is 13.1. The minimum atomic E-state index is -1.08. The molecule has 19 heavy (non-hydrogen) atoms. The van der Waals surface area contributed by atoms with Crippen molar-refractivity contribution in [2.75, 3.05) is 19.8 Å². The van der Waals surface area contributed by atoms with Crippen LogP contribution in [0.5, 0.6) is 0 Å². The van der Waals surface area contributed by atoms with Crippen LogP contribution in [0.4, 0.5) is 8.78 Å². The van der Waals surface area contributed by atoms with Crippen LogP contribution in [0.2, 0.25) is 0 Å². The number of hydrogen-bond donors (Lipinski definition) is 1. The van der Waals surface area contributed by atoms with E-state index >= 15 is 0 Å². The summed E-state index contributed by atoms with van der Waals surface area (Å²) in [7, 11) is 0. The number of halogens is 2. The molecule has 0 aliphatic carbocycles. The molecule has 7 heteroatoms. The number of benzene rings is 1. The summed E-state index contributed by atoms with van der Waals surface area (Å²) in [4.78, 5) is 15.9. The third kappa shape index (κ3) is 2.94. The van der Waals surface area contributed by atoms with Gasteiger partial charge in [-0.05, 0) is 6.07 Å². The number of hydrogen-bond acceptors (Lipinski definition) is 4. The lowest BCUT2D eigenvalue weighted by Crippen LogP contribution is -2.23. The molecule has 0 atom stereocenters. The molecule has 0 amide bonds. The van der Waals surface area contributed by atoms with Crippen LogP contribution in [0.3, 0.4) is 0 Å². The van der Waals surface area contributed by atoms with Crippen molar-refractivity contribution < 1.29 is 18.6 Å². The second-order valence-corrected chi connectivity index (χ2v) is 3.86. The second-order valence-electron chi connectivity index (χ2n) is 3.86. The molecule has 0 saturated carbocycles. The van der Waals surface area contributed by atoms with E-state index in [1.807, 2.05) is 0 Å². The number of nitrogens with zero attached hydrogens (tertiary/aromatic N) is 2. The van der Waals surface area contributed by atoms with Gasteiger partial charge in [-0.3, -0.25) is 9.36 Å². The summed E-state index contributed by atoms with van der Waals surface area (Å²) in [5.41, 5.74) is -0.354. The highest BCUT2D eigenvalue weighted by Crippen LogP contribution is 2.12. The number of ether oxygens (including phenoxy) is 1. The SMILES string of the molecule is O=c1c2cc(F)c(F)cc2ncn1CCOCCO. The molecule has 1 aromatic carbocycles. The Morgan fingerprint density at radius 2 is 2.00 bits per heavy atom. The van der Waals surface area contributed by atoms with E-state index < -0.39 is 17.2 Å². The highest BCUT2D eigenvalue weighted by Gasteiger charge is 2.09. The van der Waals surface area contributed by atoms with Crippen molar-refractivity contribution >= 4 is 10.9 Å². The van der Waals surface area contributed by atoms with Crippen LogP contribution in [-0.2, 0) is 11.3 Å². The molecule has 0 fully saturated rings. The molecule has 0 spiro atoms. The molecule has 0 unspecified atom stereocenters. The molecule has 5 nitrogen and oxygen atoms in total. The number of aliphatic hydroxyl groups excluding tert-OH is 1. The van der Waals surface area contributed by atoms with Crippen molar-refractivity contribution in [1.29, 1.82) is 0 Å². The smallest absolute Gasteiger partial charge is 0.261 e. The average molecular weight is 270 g/mol. The fraction of sp³-hybridized carbons (Fsp3) is 0.333. The van der Waals surface area contributed by atoms with Crippen LogP contribution < -0.4 is 5.56 Å². The molecular weight excluding hydrogens is 258 g/mol. The molecule has 0 aliphatic rings. The minimum absolute atomic E-state index is 0.0172. The first kappa shape index (κ1) is 13.6. The first-order valence-corrected chi connectivity index (χ1v) is 5.66. The predicted octanol–water partition coefficient (Wildman–Crippen LogP) is 0.684. The van der Waals surface area contributed by atoms with Crippen LogP contribution in [0.15, 0.2) is 23.3 Å². The highest BCUT2D eigenvalue weighted by molar-refractivity contribution is 5.77.